The van der Waals surface area contributed by atoms with Crippen molar-refractivity contribution < 1.29 is 13.6 Å². The highest BCUT2D eigenvalue weighted by atomic mass is 28.4. The second-order valence-electron chi connectivity index (χ2n) is 4.15. The molecule has 18 heavy (non-hydrogen) atoms. The van der Waals surface area contributed by atoms with Crippen molar-refractivity contribution in [1.82, 2.24) is 0 Å². The summed E-state index contributed by atoms with van der Waals surface area (Å²) in [4.78, 5) is 11.5. The van der Waals surface area contributed by atoms with Crippen molar-refractivity contribution in [3.8, 4) is 0 Å². The van der Waals surface area contributed by atoms with Crippen LogP contribution >= 0.6 is 0 Å². The molecule has 0 amide bonds. The zero-order chi connectivity index (χ0) is 13.4. The molecule has 0 aliphatic heterocycles. The Kier molecular flexibility index (Phi) is 5.81. The zero-order valence-corrected chi connectivity index (χ0v) is 12.0. The molecule has 4 heteroatoms. The summed E-state index contributed by atoms with van der Waals surface area (Å²) in [6.45, 7) is 5.50. The van der Waals surface area contributed by atoms with Crippen LogP contribution < -0.4 is 0 Å². The van der Waals surface area contributed by atoms with Gasteiger partial charge in [0.1, 0.15) is 0 Å². The van der Waals surface area contributed by atoms with Gasteiger partial charge in [0.15, 0.2) is 0 Å². The second kappa shape index (κ2) is 7.13. The minimum Gasteiger partial charge on any atom is -0.491 e. The largest absolute Gasteiger partial charge is 0.491 e. The number of benzene rings is 1. The van der Waals surface area contributed by atoms with E-state index < -0.39 is 14.5 Å². The maximum Gasteiger partial charge on any atom is 0.405 e. The Bertz CT molecular complexity index is 391. The molecule has 98 valence electrons. The van der Waals surface area contributed by atoms with Crippen molar-refractivity contribution in [2.75, 3.05) is 7.11 Å². The fourth-order valence-electron chi connectivity index (χ4n) is 1.90. The monoisotopic (exact) mass is 264 g/mol. The lowest BCUT2D eigenvalue weighted by Crippen LogP contribution is -2.45. The second-order valence-corrected chi connectivity index (χ2v) is 7.44. The van der Waals surface area contributed by atoms with E-state index in [1.54, 1.807) is 7.11 Å². The van der Waals surface area contributed by atoms with Crippen LogP contribution in [0.3, 0.4) is 0 Å². The average Bonchev–Trinajstić information content (AvgIpc) is 2.40. The molecule has 3 nitrogen and oxygen atoms in total. The summed E-state index contributed by atoms with van der Waals surface area (Å²) in [5, 5.41) is 0. The van der Waals surface area contributed by atoms with Gasteiger partial charge in [-0.3, -0.25) is 0 Å². The Balaban J connectivity index is 2.88. The summed E-state index contributed by atoms with van der Waals surface area (Å²) in [6, 6.07) is 11.4. The quantitative estimate of drug-likeness (QED) is 0.561. The molecule has 1 aromatic rings. The van der Waals surface area contributed by atoms with E-state index in [4.69, 9.17) is 8.85 Å². The van der Waals surface area contributed by atoms with Gasteiger partial charge in [-0.15, -0.1) is 0 Å². The van der Waals surface area contributed by atoms with E-state index >= 15 is 0 Å². The molecule has 0 heterocycles. The number of carbonyl (C=O) groups excluding carboxylic acids is 1. The molecule has 0 radical (unpaired) electrons. The topological polar surface area (TPSA) is 35.5 Å². The van der Waals surface area contributed by atoms with Crippen LogP contribution in [0.15, 0.2) is 43.0 Å². The molecular formula is C14H20O3Si. The van der Waals surface area contributed by atoms with Gasteiger partial charge in [0.25, 0.3) is 0 Å². The third-order valence-electron chi connectivity index (χ3n) is 2.77. The van der Waals surface area contributed by atoms with Gasteiger partial charge >= 0.3 is 14.5 Å². The average molecular weight is 264 g/mol. The normalized spacial score (nSPS) is 13.7. The summed E-state index contributed by atoms with van der Waals surface area (Å²) >= 11 is 0. The number of hydrogen-bond acceptors (Lipinski definition) is 3. The molecule has 0 bridgehead atoms. The van der Waals surface area contributed by atoms with E-state index in [-0.39, 0.29) is 0 Å². The first kappa shape index (κ1) is 14.7. The lowest BCUT2D eigenvalue weighted by molar-refractivity contribution is -0.131. The molecule has 1 atom stereocenters. The van der Waals surface area contributed by atoms with E-state index in [0.717, 1.165) is 18.0 Å². The Morgan fingerprint density at radius 2 is 2.06 bits per heavy atom. The predicted octanol–water partition coefficient (Wildman–Crippen LogP) is 3.00. The van der Waals surface area contributed by atoms with Crippen LogP contribution in [0, 0.1) is 0 Å². The maximum atomic E-state index is 11.5. The first-order chi connectivity index (χ1) is 8.65. The van der Waals surface area contributed by atoms with Gasteiger partial charge in [-0.05, 0) is 5.56 Å². The predicted molar refractivity (Wildman–Crippen MR) is 74.3 cm³/mol. The Labute approximate surface area is 110 Å². The molecule has 0 aliphatic rings. The number of hydrogen-bond donors (Lipinski definition) is 0. The molecule has 0 saturated heterocycles. The zero-order valence-electron chi connectivity index (χ0n) is 11.0. The summed E-state index contributed by atoms with van der Waals surface area (Å²) in [5.74, 6) is -0.395. The van der Waals surface area contributed by atoms with Crippen molar-refractivity contribution in [3.63, 3.8) is 0 Å². The van der Waals surface area contributed by atoms with Crippen molar-refractivity contribution >= 4 is 14.5 Å². The lowest BCUT2D eigenvalue weighted by atomic mass is 10.2. The van der Waals surface area contributed by atoms with Gasteiger partial charge in [-0.2, -0.15) is 0 Å². The lowest BCUT2D eigenvalue weighted by Gasteiger charge is -2.28. The standard InChI is InChI=1S/C14H20O3Si/c1-4-11-18(16-3,17-14(15)5-2)12-13-9-7-6-8-10-13/h5-10H,2,4,11-12H2,1,3H3. The van der Waals surface area contributed by atoms with Crippen LogP contribution in [0.25, 0.3) is 0 Å². The van der Waals surface area contributed by atoms with Gasteiger partial charge in [-0.1, -0.05) is 50.3 Å². The van der Waals surface area contributed by atoms with Crippen molar-refractivity contribution in [2.45, 2.75) is 25.4 Å². The van der Waals surface area contributed by atoms with E-state index in [1.807, 2.05) is 30.3 Å². The van der Waals surface area contributed by atoms with Gasteiger partial charge in [-0.25, -0.2) is 4.79 Å². The Hall–Kier alpha value is -1.39. The third-order valence-corrected chi connectivity index (χ3v) is 6.30. The van der Waals surface area contributed by atoms with E-state index in [2.05, 4.69) is 13.5 Å². The minimum atomic E-state index is -2.52. The Morgan fingerprint density at radius 3 is 2.56 bits per heavy atom. The van der Waals surface area contributed by atoms with Crippen LogP contribution in [0.1, 0.15) is 18.9 Å². The van der Waals surface area contributed by atoms with Crippen LogP contribution in [-0.4, -0.2) is 21.6 Å². The molecule has 0 N–H and O–H groups in total. The van der Waals surface area contributed by atoms with Gasteiger partial charge in [0.2, 0.25) is 0 Å². The maximum absolute atomic E-state index is 11.5. The van der Waals surface area contributed by atoms with Gasteiger partial charge < -0.3 is 8.85 Å². The van der Waals surface area contributed by atoms with Crippen molar-refractivity contribution in [1.29, 1.82) is 0 Å². The third kappa shape index (κ3) is 4.12. The summed E-state index contributed by atoms with van der Waals surface area (Å²) in [7, 11) is -0.889. The number of carbonyl (C=O) groups is 1. The van der Waals surface area contributed by atoms with E-state index in [0.29, 0.717) is 6.04 Å². The first-order valence-corrected chi connectivity index (χ1v) is 8.33. The van der Waals surface area contributed by atoms with Crippen LogP contribution in [0.5, 0.6) is 0 Å². The fourth-order valence-corrected chi connectivity index (χ4v) is 4.76. The summed E-state index contributed by atoms with van der Waals surface area (Å²) in [6.07, 6.45) is 2.12. The summed E-state index contributed by atoms with van der Waals surface area (Å²) < 4.78 is 11.1. The molecule has 0 aromatic heterocycles. The highest BCUT2D eigenvalue weighted by Gasteiger charge is 2.39. The minimum absolute atomic E-state index is 0.395. The van der Waals surface area contributed by atoms with Crippen molar-refractivity contribution in [3.05, 3.63) is 48.6 Å². The molecule has 1 unspecified atom stereocenters. The molecule has 0 aliphatic carbocycles. The molecule has 0 fully saturated rings. The van der Waals surface area contributed by atoms with Crippen LogP contribution in [0.2, 0.25) is 6.04 Å². The smallest absolute Gasteiger partial charge is 0.405 e. The highest BCUT2D eigenvalue weighted by Crippen LogP contribution is 2.21. The van der Waals surface area contributed by atoms with Crippen LogP contribution in [-0.2, 0) is 19.7 Å². The Morgan fingerprint density at radius 1 is 1.39 bits per heavy atom. The number of rotatable bonds is 7. The summed E-state index contributed by atoms with van der Waals surface area (Å²) in [5.41, 5.74) is 1.14. The molecular weight excluding hydrogens is 244 g/mol. The van der Waals surface area contributed by atoms with Gasteiger partial charge in [0, 0.05) is 25.3 Å². The fraction of sp³-hybridized carbons (Fsp3) is 0.357. The van der Waals surface area contributed by atoms with E-state index in [1.165, 1.54) is 6.08 Å². The molecule has 1 aromatic carbocycles. The van der Waals surface area contributed by atoms with Crippen molar-refractivity contribution in [2.24, 2.45) is 0 Å². The molecule has 0 spiro atoms. The highest BCUT2D eigenvalue weighted by molar-refractivity contribution is 6.68. The van der Waals surface area contributed by atoms with Gasteiger partial charge in [0.05, 0.1) is 0 Å². The SMILES string of the molecule is C=CC(=O)O[Si](CCC)(Cc1ccccc1)OC. The first-order valence-electron chi connectivity index (χ1n) is 6.10. The molecule has 1 rings (SSSR count). The molecule has 0 saturated carbocycles. The van der Waals surface area contributed by atoms with Crippen LogP contribution in [0.4, 0.5) is 0 Å². The van der Waals surface area contributed by atoms with E-state index in [9.17, 15) is 4.79 Å².